The summed E-state index contributed by atoms with van der Waals surface area (Å²) in [5.74, 6) is 0.170. The van der Waals surface area contributed by atoms with Crippen molar-refractivity contribution in [3.05, 3.63) is 0 Å². The lowest BCUT2D eigenvalue weighted by Gasteiger charge is -2.19. The largest absolute Gasteiger partial charge is 0.353 e. The molecule has 0 atom stereocenters. The Labute approximate surface area is 80.1 Å². The lowest BCUT2D eigenvalue weighted by Crippen LogP contribution is -2.42. The van der Waals surface area contributed by atoms with Crippen LogP contribution in [-0.2, 0) is 4.79 Å². The van der Waals surface area contributed by atoms with Gasteiger partial charge in [-0.15, -0.1) is 0 Å². The second kappa shape index (κ2) is 4.09. The maximum atomic E-state index is 11.7. The number of carbonyl (C=O) groups excluding carboxylic acids is 1. The van der Waals surface area contributed by atoms with Crippen LogP contribution in [0.4, 0.5) is 0 Å². The van der Waals surface area contributed by atoms with Gasteiger partial charge in [0, 0.05) is 12.6 Å². The quantitative estimate of drug-likeness (QED) is 0.670. The molecule has 0 aliphatic heterocycles. The third-order valence-corrected chi connectivity index (χ3v) is 3.05. The standard InChI is InChI=1S/C10H20N2O/c1-3-8(4-2)12-9(13)10(7-11)5-6-10/h8H,3-7,11H2,1-2H3,(H,12,13). The van der Waals surface area contributed by atoms with E-state index in [0.29, 0.717) is 12.6 Å². The van der Waals surface area contributed by atoms with Crippen LogP contribution in [-0.4, -0.2) is 18.5 Å². The van der Waals surface area contributed by atoms with E-state index in [9.17, 15) is 4.79 Å². The van der Waals surface area contributed by atoms with E-state index in [0.717, 1.165) is 25.7 Å². The lowest BCUT2D eigenvalue weighted by molar-refractivity contribution is -0.126. The zero-order chi connectivity index (χ0) is 9.90. The SMILES string of the molecule is CCC(CC)NC(=O)C1(CN)CC1. The molecular weight excluding hydrogens is 164 g/mol. The molecule has 0 unspecified atom stereocenters. The van der Waals surface area contributed by atoms with E-state index in [4.69, 9.17) is 5.73 Å². The van der Waals surface area contributed by atoms with Gasteiger partial charge in [-0.25, -0.2) is 0 Å². The Balaban J connectivity index is 2.40. The summed E-state index contributed by atoms with van der Waals surface area (Å²) < 4.78 is 0. The average Bonchev–Trinajstić information content (AvgIpc) is 2.94. The van der Waals surface area contributed by atoms with Gasteiger partial charge in [-0.05, 0) is 25.7 Å². The molecule has 13 heavy (non-hydrogen) atoms. The first-order valence-corrected chi connectivity index (χ1v) is 5.19. The van der Waals surface area contributed by atoms with Crippen LogP contribution in [0.2, 0.25) is 0 Å². The zero-order valence-electron chi connectivity index (χ0n) is 8.60. The predicted octanol–water partition coefficient (Wildman–Crippen LogP) is 1.03. The summed E-state index contributed by atoms with van der Waals surface area (Å²) in [5.41, 5.74) is 5.38. The van der Waals surface area contributed by atoms with E-state index in [1.807, 2.05) is 0 Å². The summed E-state index contributed by atoms with van der Waals surface area (Å²) in [6.45, 7) is 4.69. The van der Waals surface area contributed by atoms with E-state index in [-0.39, 0.29) is 11.3 Å². The molecule has 3 heteroatoms. The number of carbonyl (C=O) groups is 1. The Kier molecular flexibility index (Phi) is 3.31. The Morgan fingerprint density at radius 3 is 2.31 bits per heavy atom. The van der Waals surface area contributed by atoms with Crippen molar-refractivity contribution < 1.29 is 4.79 Å². The van der Waals surface area contributed by atoms with Crippen LogP contribution >= 0.6 is 0 Å². The summed E-state index contributed by atoms with van der Waals surface area (Å²) in [4.78, 5) is 11.7. The molecule has 0 aromatic carbocycles. The highest BCUT2D eigenvalue weighted by Crippen LogP contribution is 2.44. The van der Waals surface area contributed by atoms with Crippen molar-refractivity contribution in [2.75, 3.05) is 6.54 Å². The van der Waals surface area contributed by atoms with Gasteiger partial charge in [-0.1, -0.05) is 13.8 Å². The van der Waals surface area contributed by atoms with Gasteiger partial charge in [-0.3, -0.25) is 4.79 Å². The molecule has 1 aliphatic rings. The molecule has 76 valence electrons. The fourth-order valence-electron chi connectivity index (χ4n) is 1.51. The van der Waals surface area contributed by atoms with Crippen molar-refractivity contribution in [3.8, 4) is 0 Å². The highest BCUT2D eigenvalue weighted by Gasteiger charge is 2.48. The van der Waals surface area contributed by atoms with E-state index >= 15 is 0 Å². The highest BCUT2D eigenvalue weighted by molar-refractivity contribution is 5.85. The number of hydrogen-bond donors (Lipinski definition) is 2. The molecule has 1 saturated carbocycles. The molecule has 3 nitrogen and oxygen atoms in total. The summed E-state index contributed by atoms with van der Waals surface area (Å²) in [6, 6.07) is 0.330. The topological polar surface area (TPSA) is 55.1 Å². The van der Waals surface area contributed by atoms with Crippen LogP contribution in [0.15, 0.2) is 0 Å². The molecule has 0 saturated heterocycles. The summed E-state index contributed by atoms with van der Waals surface area (Å²) >= 11 is 0. The van der Waals surface area contributed by atoms with Gasteiger partial charge in [-0.2, -0.15) is 0 Å². The zero-order valence-corrected chi connectivity index (χ0v) is 8.60. The third kappa shape index (κ3) is 2.21. The van der Waals surface area contributed by atoms with Crippen molar-refractivity contribution in [3.63, 3.8) is 0 Å². The molecule has 0 bridgehead atoms. The van der Waals surface area contributed by atoms with Crippen LogP contribution in [0.3, 0.4) is 0 Å². The van der Waals surface area contributed by atoms with Gasteiger partial charge in [0.1, 0.15) is 0 Å². The summed E-state index contributed by atoms with van der Waals surface area (Å²) in [7, 11) is 0. The van der Waals surface area contributed by atoms with Crippen molar-refractivity contribution in [1.29, 1.82) is 0 Å². The van der Waals surface area contributed by atoms with Crippen molar-refractivity contribution >= 4 is 5.91 Å². The molecule has 1 fully saturated rings. The third-order valence-electron chi connectivity index (χ3n) is 3.05. The van der Waals surface area contributed by atoms with Crippen LogP contribution < -0.4 is 11.1 Å². The Morgan fingerprint density at radius 1 is 1.46 bits per heavy atom. The number of hydrogen-bond acceptors (Lipinski definition) is 2. The molecule has 0 radical (unpaired) electrons. The minimum atomic E-state index is -0.192. The molecule has 1 rings (SSSR count). The molecule has 3 N–H and O–H groups in total. The first-order valence-electron chi connectivity index (χ1n) is 5.19. The minimum absolute atomic E-state index is 0.170. The monoisotopic (exact) mass is 184 g/mol. The molecular formula is C10H20N2O. The second-order valence-electron chi connectivity index (χ2n) is 3.97. The van der Waals surface area contributed by atoms with Crippen molar-refractivity contribution in [1.82, 2.24) is 5.32 Å². The molecule has 0 spiro atoms. The van der Waals surface area contributed by atoms with Crippen LogP contribution in [0, 0.1) is 5.41 Å². The van der Waals surface area contributed by atoms with Crippen molar-refractivity contribution in [2.24, 2.45) is 11.1 Å². The Morgan fingerprint density at radius 2 is 2.00 bits per heavy atom. The van der Waals surface area contributed by atoms with Gasteiger partial charge in [0.25, 0.3) is 0 Å². The number of nitrogens with one attached hydrogen (secondary N) is 1. The summed E-state index contributed by atoms with van der Waals surface area (Å²) in [5, 5.41) is 3.05. The van der Waals surface area contributed by atoms with E-state index < -0.39 is 0 Å². The fraction of sp³-hybridized carbons (Fsp3) is 0.900. The highest BCUT2D eigenvalue weighted by atomic mass is 16.2. The van der Waals surface area contributed by atoms with Crippen LogP contribution in [0.5, 0.6) is 0 Å². The van der Waals surface area contributed by atoms with E-state index in [1.54, 1.807) is 0 Å². The Hall–Kier alpha value is -0.570. The van der Waals surface area contributed by atoms with E-state index in [1.165, 1.54) is 0 Å². The first-order chi connectivity index (χ1) is 6.18. The summed E-state index contributed by atoms with van der Waals surface area (Å²) in [6.07, 6.45) is 3.94. The molecule has 1 aliphatic carbocycles. The van der Waals surface area contributed by atoms with Gasteiger partial charge >= 0.3 is 0 Å². The maximum Gasteiger partial charge on any atom is 0.227 e. The average molecular weight is 184 g/mol. The fourth-order valence-corrected chi connectivity index (χ4v) is 1.51. The number of nitrogens with two attached hydrogens (primary N) is 1. The smallest absolute Gasteiger partial charge is 0.227 e. The van der Waals surface area contributed by atoms with Gasteiger partial charge in [0.05, 0.1) is 5.41 Å². The number of amides is 1. The maximum absolute atomic E-state index is 11.7. The first kappa shape index (κ1) is 10.5. The van der Waals surface area contributed by atoms with E-state index in [2.05, 4.69) is 19.2 Å². The number of rotatable bonds is 5. The molecule has 0 aromatic rings. The van der Waals surface area contributed by atoms with Crippen LogP contribution in [0.25, 0.3) is 0 Å². The molecule has 1 amide bonds. The van der Waals surface area contributed by atoms with Gasteiger partial charge in [0.15, 0.2) is 0 Å². The predicted molar refractivity (Wildman–Crippen MR) is 53.2 cm³/mol. The van der Waals surface area contributed by atoms with Crippen LogP contribution in [0.1, 0.15) is 39.5 Å². The Bertz CT molecular complexity index is 183. The second-order valence-corrected chi connectivity index (χ2v) is 3.97. The normalized spacial score (nSPS) is 18.8. The van der Waals surface area contributed by atoms with Gasteiger partial charge in [0.2, 0.25) is 5.91 Å². The minimum Gasteiger partial charge on any atom is -0.353 e. The van der Waals surface area contributed by atoms with Gasteiger partial charge < -0.3 is 11.1 Å². The van der Waals surface area contributed by atoms with Crippen molar-refractivity contribution in [2.45, 2.75) is 45.6 Å². The molecule has 0 aromatic heterocycles. The lowest BCUT2D eigenvalue weighted by atomic mass is 10.1. The molecule has 0 heterocycles.